The van der Waals surface area contributed by atoms with Gasteiger partial charge in [0.1, 0.15) is 0 Å². The third-order valence-corrected chi connectivity index (χ3v) is 2.45. The first-order chi connectivity index (χ1) is 7.31. The molecule has 0 bridgehead atoms. The summed E-state index contributed by atoms with van der Waals surface area (Å²) in [6, 6.07) is 8.24. The van der Waals surface area contributed by atoms with E-state index in [9.17, 15) is 0 Å². The van der Waals surface area contributed by atoms with Crippen LogP contribution in [0.15, 0.2) is 24.3 Å². The molecule has 1 aromatic carbocycles. The smallest absolute Gasteiger partial charge is 0.0982 e. The molecule has 0 aliphatic heterocycles. The van der Waals surface area contributed by atoms with E-state index in [2.05, 4.69) is 39.8 Å². The number of hydrogen-bond acceptors (Lipinski definition) is 2. The highest BCUT2D eigenvalue weighted by Crippen LogP contribution is 2.28. The third kappa shape index (κ3) is 3.62. The minimum atomic E-state index is -0.180. The van der Waals surface area contributed by atoms with Crippen LogP contribution in [0, 0.1) is 6.92 Å². The molecular formula is C14H23NO. The van der Waals surface area contributed by atoms with Crippen molar-refractivity contribution in [2.75, 3.05) is 0 Å². The predicted octanol–water partition coefficient (Wildman–Crippen LogP) is 3.20. The Morgan fingerprint density at radius 1 is 1.19 bits per heavy atom. The first-order valence-corrected chi connectivity index (χ1v) is 5.80. The van der Waals surface area contributed by atoms with Crippen molar-refractivity contribution in [1.29, 1.82) is 0 Å². The van der Waals surface area contributed by atoms with Gasteiger partial charge < -0.3 is 10.5 Å². The highest BCUT2D eigenvalue weighted by molar-refractivity contribution is 5.28. The third-order valence-electron chi connectivity index (χ3n) is 2.45. The van der Waals surface area contributed by atoms with Crippen LogP contribution < -0.4 is 5.73 Å². The first kappa shape index (κ1) is 13.2. The normalized spacial score (nSPS) is 15.9. The first-order valence-electron chi connectivity index (χ1n) is 5.80. The number of hydrogen-bond donors (Lipinski definition) is 1. The van der Waals surface area contributed by atoms with Gasteiger partial charge in [-0.1, -0.05) is 24.3 Å². The zero-order valence-corrected chi connectivity index (χ0v) is 10.9. The van der Waals surface area contributed by atoms with Crippen LogP contribution in [-0.4, -0.2) is 11.6 Å². The molecule has 2 unspecified atom stereocenters. The summed E-state index contributed by atoms with van der Waals surface area (Å²) < 4.78 is 6.04. The molecule has 1 aromatic rings. The van der Waals surface area contributed by atoms with Crippen LogP contribution in [0.25, 0.3) is 0 Å². The van der Waals surface area contributed by atoms with Gasteiger partial charge in [0.2, 0.25) is 0 Å². The van der Waals surface area contributed by atoms with Gasteiger partial charge in [0.25, 0.3) is 0 Å². The van der Waals surface area contributed by atoms with Crippen molar-refractivity contribution in [2.45, 2.75) is 52.4 Å². The Morgan fingerprint density at radius 3 is 2.19 bits per heavy atom. The summed E-state index contributed by atoms with van der Waals surface area (Å²) in [6.45, 7) is 10.3. The molecule has 0 fully saturated rings. The summed E-state index contributed by atoms with van der Waals surface area (Å²) in [7, 11) is 0. The molecule has 0 amide bonds. The minimum absolute atomic E-state index is 0.0136. The molecule has 2 nitrogen and oxygen atoms in total. The molecule has 2 atom stereocenters. The van der Waals surface area contributed by atoms with Gasteiger partial charge in [-0.25, -0.2) is 0 Å². The molecule has 0 aromatic heterocycles. The molecule has 0 saturated carbocycles. The van der Waals surface area contributed by atoms with Gasteiger partial charge in [0, 0.05) is 6.04 Å². The van der Waals surface area contributed by atoms with Gasteiger partial charge in [0.05, 0.1) is 11.7 Å². The SMILES string of the molecule is Cc1ccccc1C(OC(C)(C)C)C(C)N. The van der Waals surface area contributed by atoms with Gasteiger partial charge in [-0.2, -0.15) is 0 Å². The Balaban J connectivity index is 2.99. The van der Waals surface area contributed by atoms with E-state index in [1.807, 2.05) is 19.1 Å². The number of benzene rings is 1. The zero-order chi connectivity index (χ0) is 12.3. The van der Waals surface area contributed by atoms with E-state index >= 15 is 0 Å². The van der Waals surface area contributed by atoms with Gasteiger partial charge in [-0.3, -0.25) is 0 Å². The maximum Gasteiger partial charge on any atom is 0.0982 e. The molecule has 0 aliphatic rings. The van der Waals surface area contributed by atoms with Crippen molar-refractivity contribution in [2.24, 2.45) is 5.73 Å². The van der Waals surface area contributed by atoms with Gasteiger partial charge in [-0.15, -0.1) is 0 Å². The fraction of sp³-hybridized carbons (Fsp3) is 0.571. The van der Waals surface area contributed by atoms with Crippen molar-refractivity contribution < 1.29 is 4.74 Å². The fourth-order valence-electron chi connectivity index (χ4n) is 1.74. The molecule has 2 heteroatoms. The lowest BCUT2D eigenvalue weighted by atomic mass is 9.98. The molecule has 2 N–H and O–H groups in total. The predicted molar refractivity (Wildman–Crippen MR) is 68.4 cm³/mol. The number of nitrogens with two attached hydrogens (primary N) is 1. The zero-order valence-electron chi connectivity index (χ0n) is 10.9. The monoisotopic (exact) mass is 221 g/mol. The molecule has 0 aliphatic carbocycles. The highest BCUT2D eigenvalue weighted by atomic mass is 16.5. The lowest BCUT2D eigenvalue weighted by Crippen LogP contribution is -2.33. The van der Waals surface area contributed by atoms with E-state index in [4.69, 9.17) is 10.5 Å². The molecule has 0 saturated heterocycles. The minimum Gasteiger partial charge on any atom is -0.366 e. The molecule has 90 valence electrons. The van der Waals surface area contributed by atoms with E-state index in [0.717, 1.165) is 0 Å². The quantitative estimate of drug-likeness (QED) is 0.850. The van der Waals surface area contributed by atoms with Crippen molar-refractivity contribution in [3.05, 3.63) is 35.4 Å². The molecule has 16 heavy (non-hydrogen) atoms. The van der Waals surface area contributed by atoms with Crippen LogP contribution in [0.3, 0.4) is 0 Å². The van der Waals surface area contributed by atoms with Crippen LogP contribution in [0.4, 0.5) is 0 Å². The van der Waals surface area contributed by atoms with Crippen molar-refractivity contribution in [3.63, 3.8) is 0 Å². The second kappa shape index (κ2) is 4.98. The van der Waals surface area contributed by atoms with Crippen LogP contribution in [0.5, 0.6) is 0 Å². The molecular weight excluding hydrogens is 198 g/mol. The highest BCUT2D eigenvalue weighted by Gasteiger charge is 2.24. The largest absolute Gasteiger partial charge is 0.366 e. The average molecular weight is 221 g/mol. The standard InChI is InChI=1S/C14H23NO/c1-10-8-6-7-9-12(10)13(11(2)15)16-14(3,4)5/h6-9,11,13H,15H2,1-5H3. The van der Waals surface area contributed by atoms with E-state index in [1.54, 1.807) is 0 Å². The van der Waals surface area contributed by atoms with Crippen LogP contribution >= 0.6 is 0 Å². The van der Waals surface area contributed by atoms with Crippen molar-refractivity contribution in [3.8, 4) is 0 Å². The topological polar surface area (TPSA) is 35.2 Å². The molecule has 0 heterocycles. The molecule has 0 radical (unpaired) electrons. The molecule has 0 spiro atoms. The van der Waals surface area contributed by atoms with E-state index in [1.165, 1.54) is 11.1 Å². The number of aryl methyl sites for hydroxylation is 1. The lowest BCUT2D eigenvalue weighted by molar-refractivity contribution is -0.0703. The van der Waals surface area contributed by atoms with Crippen molar-refractivity contribution >= 4 is 0 Å². The number of rotatable bonds is 3. The fourth-order valence-corrected chi connectivity index (χ4v) is 1.74. The van der Waals surface area contributed by atoms with Gasteiger partial charge in [0.15, 0.2) is 0 Å². The van der Waals surface area contributed by atoms with Gasteiger partial charge >= 0.3 is 0 Å². The average Bonchev–Trinajstić information content (AvgIpc) is 2.13. The summed E-state index contributed by atoms with van der Waals surface area (Å²) >= 11 is 0. The second-order valence-electron chi connectivity index (χ2n) is 5.37. The number of ether oxygens (including phenoxy) is 1. The van der Waals surface area contributed by atoms with E-state index in [-0.39, 0.29) is 17.7 Å². The second-order valence-corrected chi connectivity index (χ2v) is 5.37. The Labute approximate surface area is 98.8 Å². The summed E-state index contributed by atoms with van der Waals surface area (Å²) in [5, 5.41) is 0. The van der Waals surface area contributed by atoms with E-state index in [0.29, 0.717) is 0 Å². The van der Waals surface area contributed by atoms with E-state index < -0.39 is 0 Å². The molecule has 1 rings (SSSR count). The lowest BCUT2D eigenvalue weighted by Gasteiger charge is -2.31. The van der Waals surface area contributed by atoms with Gasteiger partial charge in [-0.05, 0) is 45.7 Å². The van der Waals surface area contributed by atoms with Crippen LogP contribution in [0.1, 0.15) is 44.9 Å². The summed E-state index contributed by atoms with van der Waals surface area (Å²) in [4.78, 5) is 0. The van der Waals surface area contributed by atoms with Crippen LogP contribution in [-0.2, 0) is 4.74 Å². The summed E-state index contributed by atoms with van der Waals surface area (Å²) in [6.07, 6.45) is -0.0406. The Kier molecular flexibility index (Phi) is 4.11. The summed E-state index contributed by atoms with van der Waals surface area (Å²) in [5.74, 6) is 0. The van der Waals surface area contributed by atoms with Crippen molar-refractivity contribution in [1.82, 2.24) is 0 Å². The Morgan fingerprint density at radius 2 is 1.75 bits per heavy atom. The Hall–Kier alpha value is -0.860. The maximum atomic E-state index is 6.04. The Bertz CT molecular complexity index is 339. The summed E-state index contributed by atoms with van der Waals surface area (Å²) in [5.41, 5.74) is 8.26. The maximum absolute atomic E-state index is 6.04. The van der Waals surface area contributed by atoms with Crippen LogP contribution in [0.2, 0.25) is 0 Å².